The van der Waals surface area contributed by atoms with Crippen LogP contribution >= 0.6 is 12.4 Å². The van der Waals surface area contributed by atoms with E-state index < -0.39 is 0 Å². The molecule has 0 saturated heterocycles. The summed E-state index contributed by atoms with van der Waals surface area (Å²) in [6.45, 7) is 0. The second kappa shape index (κ2) is 5.93. The molecule has 4 N–H and O–H groups in total. The van der Waals surface area contributed by atoms with E-state index in [1.807, 2.05) is 0 Å². The summed E-state index contributed by atoms with van der Waals surface area (Å²) in [5.74, 6) is -0.129. The van der Waals surface area contributed by atoms with Gasteiger partial charge in [-0.05, 0) is 36.4 Å². The molecule has 0 aliphatic heterocycles. The van der Waals surface area contributed by atoms with Crippen molar-refractivity contribution in [3.63, 3.8) is 0 Å². The lowest BCUT2D eigenvalue weighted by Crippen LogP contribution is -2.11. The van der Waals surface area contributed by atoms with Crippen LogP contribution in [-0.4, -0.2) is 11.0 Å². The van der Waals surface area contributed by atoms with Gasteiger partial charge in [-0.1, -0.05) is 6.07 Å². The highest BCUT2D eigenvalue weighted by Crippen LogP contribution is 2.16. The van der Waals surface area contributed by atoms with Crippen LogP contribution in [0.2, 0.25) is 0 Å². The molecule has 2 aromatic rings. The van der Waals surface area contributed by atoms with Gasteiger partial charge in [0.1, 0.15) is 5.75 Å². The van der Waals surface area contributed by atoms with E-state index in [-0.39, 0.29) is 24.1 Å². The predicted octanol–water partition coefficient (Wildman–Crippen LogP) is 2.65. The van der Waals surface area contributed by atoms with Crippen molar-refractivity contribution in [2.75, 3.05) is 11.1 Å². The number of hydrogen-bond acceptors (Lipinski definition) is 3. The molecule has 18 heavy (non-hydrogen) atoms. The first kappa shape index (κ1) is 13.9. The minimum Gasteiger partial charge on any atom is -0.508 e. The highest BCUT2D eigenvalue weighted by molar-refractivity contribution is 6.04. The number of halogens is 1. The molecule has 0 aliphatic carbocycles. The number of nitrogens with two attached hydrogens (primary N) is 1. The molecule has 0 spiro atoms. The molecule has 1 amide bonds. The number of benzene rings is 2. The Hall–Kier alpha value is -2.20. The van der Waals surface area contributed by atoms with Crippen molar-refractivity contribution in [1.29, 1.82) is 0 Å². The van der Waals surface area contributed by atoms with E-state index in [4.69, 9.17) is 5.73 Å². The fourth-order valence-electron chi connectivity index (χ4n) is 1.42. The summed E-state index contributed by atoms with van der Waals surface area (Å²) in [6.07, 6.45) is 0. The van der Waals surface area contributed by atoms with Crippen LogP contribution in [0.3, 0.4) is 0 Å². The van der Waals surface area contributed by atoms with Gasteiger partial charge in [0, 0.05) is 23.0 Å². The standard InChI is InChI=1S/C13H12N2O2.ClH/c14-10-6-4-9(5-7-10)13(17)15-11-2-1-3-12(16)8-11;/h1-8,16H,14H2,(H,15,17);1H. The maximum absolute atomic E-state index is 11.8. The predicted molar refractivity (Wildman–Crippen MR) is 74.2 cm³/mol. The number of carbonyl (C=O) groups excluding carboxylic acids is 1. The lowest BCUT2D eigenvalue weighted by Gasteiger charge is -2.05. The number of amides is 1. The zero-order chi connectivity index (χ0) is 12.3. The summed E-state index contributed by atoms with van der Waals surface area (Å²) in [6, 6.07) is 13.0. The Morgan fingerprint density at radius 1 is 1.11 bits per heavy atom. The molecule has 4 nitrogen and oxygen atoms in total. The lowest BCUT2D eigenvalue weighted by molar-refractivity contribution is 0.102. The van der Waals surface area contributed by atoms with Crippen LogP contribution in [0.1, 0.15) is 10.4 Å². The normalized spacial score (nSPS) is 9.33. The fourth-order valence-corrected chi connectivity index (χ4v) is 1.42. The fraction of sp³-hybridized carbons (Fsp3) is 0. The molecule has 0 bridgehead atoms. The topological polar surface area (TPSA) is 75.4 Å². The van der Waals surface area contributed by atoms with Gasteiger partial charge in [-0.2, -0.15) is 0 Å². The van der Waals surface area contributed by atoms with E-state index in [1.165, 1.54) is 6.07 Å². The van der Waals surface area contributed by atoms with Crippen molar-refractivity contribution < 1.29 is 9.90 Å². The quantitative estimate of drug-likeness (QED) is 0.730. The molecule has 0 unspecified atom stereocenters. The Morgan fingerprint density at radius 2 is 1.78 bits per heavy atom. The summed E-state index contributed by atoms with van der Waals surface area (Å²) < 4.78 is 0. The van der Waals surface area contributed by atoms with E-state index in [2.05, 4.69) is 5.32 Å². The number of nitrogen functional groups attached to an aromatic ring is 1. The van der Waals surface area contributed by atoms with Crippen LogP contribution in [0.4, 0.5) is 11.4 Å². The zero-order valence-corrected chi connectivity index (χ0v) is 10.3. The summed E-state index contributed by atoms with van der Waals surface area (Å²) in [5.41, 5.74) is 7.21. The van der Waals surface area contributed by atoms with Gasteiger partial charge in [-0.25, -0.2) is 0 Å². The molecule has 2 rings (SSSR count). The van der Waals surface area contributed by atoms with Crippen LogP contribution in [0.15, 0.2) is 48.5 Å². The van der Waals surface area contributed by atoms with Crippen molar-refractivity contribution in [3.05, 3.63) is 54.1 Å². The van der Waals surface area contributed by atoms with E-state index in [1.54, 1.807) is 42.5 Å². The SMILES string of the molecule is Cl.Nc1ccc(C(=O)Nc2cccc(O)c2)cc1. The largest absolute Gasteiger partial charge is 0.508 e. The highest BCUT2D eigenvalue weighted by atomic mass is 35.5. The molecule has 0 atom stereocenters. The van der Waals surface area contributed by atoms with E-state index in [9.17, 15) is 9.90 Å². The average Bonchev–Trinajstić information content (AvgIpc) is 2.29. The molecule has 0 fully saturated rings. The molecule has 0 radical (unpaired) electrons. The van der Waals surface area contributed by atoms with E-state index >= 15 is 0 Å². The summed E-state index contributed by atoms with van der Waals surface area (Å²) in [4.78, 5) is 11.8. The second-order valence-electron chi connectivity index (χ2n) is 3.63. The number of aromatic hydroxyl groups is 1. The maximum Gasteiger partial charge on any atom is 0.255 e. The number of rotatable bonds is 2. The first-order valence-electron chi connectivity index (χ1n) is 5.11. The summed E-state index contributed by atoms with van der Waals surface area (Å²) in [5, 5.41) is 11.9. The van der Waals surface area contributed by atoms with Crippen LogP contribution < -0.4 is 11.1 Å². The molecule has 94 valence electrons. The molecular formula is C13H13ClN2O2. The molecule has 0 saturated carbocycles. The van der Waals surface area contributed by atoms with Gasteiger partial charge in [0.15, 0.2) is 0 Å². The van der Waals surface area contributed by atoms with Crippen molar-refractivity contribution in [2.45, 2.75) is 0 Å². The Kier molecular flexibility index (Phi) is 4.57. The number of carbonyl (C=O) groups is 1. The molecular weight excluding hydrogens is 252 g/mol. The molecule has 5 heteroatoms. The third kappa shape index (κ3) is 3.40. The second-order valence-corrected chi connectivity index (χ2v) is 3.63. The van der Waals surface area contributed by atoms with Crippen molar-refractivity contribution in [1.82, 2.24) is 0 Å². The van der Waals surface area contributed by atoms with Crippen LogP contribution in [-0.2, 0) is 0 Å². The molecule has 0 aliphatic rings. The third-order valence-electron chi connectivity index (χ3n) is 2.28. The van der Waals surface area contributed by atoms with Crippen molar-refractivity contribution in [2.24, 2.45) is 0 Å². The summed E-state index contributed by atoms with van der Waals surface area (Å²) in [7, 11) is 0. The first-order valence-corrected chi connectivity index (χ1v) is 5.11. The van der Waals surface area contributed by atoms with Gasteiger partial charge in [0.25, 0.3) is 5.91 Å². The monoisotopic (exact) mass is 264 g/mol. The van der Waals surface area contributed by atoms with Gasteiger partial charge >= 0.3 is 0 Å². The average molecular weight is 265 g/mol. The van der Waals surface area contributed by atoms with Crippen LogP contribution in [0, 0.1) is 0 Å². The van der Waals surface area contributed by atoms with Crippen LogP contribution in [0.25, 0.3) is 0 Å². The molecule has 0 aromatic heterocycles. The molecule has 0 heterocycles. The maximum atomic E-state index is 11.8. The number of nitrogens with one attached hydrogen (secondary N) is 1. The Balaban J connectivity index is 0.00000162. The minimum absolute atomic E-state index is 0. The van der Waals surface area contributed by atoms with Gasteiger partial charge in [0.2, 0.25) is 0 Å². The minimum atomic E-state index is -0.240. The smallest absolute Gasteiger partial charge is 0.255 e. The zero-order valence-electron chi connectivity index (χ0n) is 9.46. The van der Waals surface area contributed by atoms with Gasteiger partial charge < -0.3 is 16.2 Å². The van der Waals surface area contributed by atoms with E-state index in [0.717, 1.165) is 0 Å². The first-order chi connectivity index (χ1) is 8.15. The van der Waals surface area contributed by atoms with Crippen LogP contribution in [0.5, 0.6) is 5.75 Å². The van der Waals surface area contributed by atoms with Gasteiger partial charge in [-0.15, -0.1) is 12.4 Å². The number of phenolic OH excluding ortho intramolecular Hbond substituents is 1. The Bertz CT molecular complexity index is 541. The highest BCUT2D eigenvalue weighted by Gasteiger charge is 2.05. The third-order valence-corrected chi connectivity index (χ3v) is 2.28. The number of anilines is 2. The summed E-state index contributed by atoms with van der Waals surface area (Å²) >= 11 is 0. The Morgan fingerprint density at radius 3 is 2.39 bits per heavy atom. The molecule has 2 aromatic carbocycles. The Labute approximate surface area is 111 Å². The lowest BCUT2D eigenvalue weighted by atomic mass is 10.2. The van der Waals surface area contributed by atoms with Crippen molar-refractivity contribution >= 4 is 29.7 Å². The van der Waals surface area contributed by atoms with E-state index in [0.29, 0.717) is 16.9 Å². The number of phenols is 1. The van der Waals surface area contributed by atoms with Gasteiger partial charge in [-0.3, -0.25) is 4.79 Å². The van der Waals surface area contributed by atoms with Crippen molar-refractivity contribution in [3.8, 4) is 5.75 Å². The van der Waals surface area contributed by atoms with Gasteiger partial charge in [0.05, 0.1) is 0 Å². The number of hydrogen-bond donors (Lipinski definition) is 3.